The molecule has 0 saturated heterocycles. The Kier molecular flexibility index (Phi) is 3.50. The Bertz CT molecular complexity index is 1430. The molecule has 0 aromatic carbocycles. The van der Waals surface area contributed by atoms with E-state index in [1.807, 2.05) is 60.7 Å². The van der Waals surface area contributed by atoms with E-state index in [-0.39, 0.29) is 0 Å². The summed E-state index contributed by atoms with van der Waals surface area (Å²) in [6, 6.07) is 15.9. The van der Waals surface area contributed by atoms with E-state index >= 15 is 0 Å². The second-order valence-electron chi connectivity index (χ2n) is 6.53. The first kappa shape index (κ1) is 15.9. The summed E-state index contributed by atoms with van der Waals surface area (Å²) in [4.78, 5) is 16.0. The molecular weight excluding hydrogens is 344 g/mol. The van der Waals surface area contributed by atoms with Gasteiger partial charge in [0.05, 0.1) is 33.9 Å². The molecule has 0 radical (unpaired) electrons. The Labute approximate surface area is 161 Å². The second-order valence-corrected chi connectivity index (χ2v) is 6.53. The third kappa shape index (κ3) is 2.70. The van der Waals surface area contributed by atoms with Gasteiger partial charge in [-0.1, -0.05) is 11.8 Å². The standard InChI is InChI=1S/C24H14N4/c1-3-21-22(4-2)24-14-20-10-8-18(27-20)12-16-6-5-15(25-16)11-17-7-9-19(26-17)13-23(21)28-24/h1-2,5-14,25-26H. The van der Waals surface area contributed by atoms with E-state index in [1.165, 1.54) is 0 Å². The van der Waals surface area contributed by atoms with Crippen LogP contribution in [0.2, 0.25) is 0 Å². The fraction of sp³-hybridized carbons (Fsp3) is 0. The van der Waals surface area contributed by atoms with Gasteiger partial charge in [-0.2, -0.15) is 0 Å². The van der Waals surface area contributed by atoms with E-state index in [0.717, 1.165) is 33.5 Å². The quantitative estimate of drug-likeness (QED) is 0.449. The minimum Gasteiger partial charge on any atom is -0.355 e. The summed E-state index contributed by atoms with van der Waals surface area (Å²) < 4.78 is 0. The van der Waals surface area contributed by atoms with Crippen molar-refractivity contribution in [1.82, 2.24) is 19.9 Å². The molecular formula is C24H14N4. The van der Waals surface area contributed by atoms with Gasteiger partial charge in [0.2, 0.25) is 0 Å². The molecule has 8 bridgehead atoms. The Morgan fingerprint density at radius 3 is 1.71 bits per heavy atom. The Balaban J connectivity index is 1.90. The van der Waals surface area contributed by atoms with Gasteiger partial charge < -0.3 is 9.97 Å². The largest absolute Gasteiger partial charge is 0.355 e. The zero-order chi connectivity index (χ0) is 19.1. The molecule has 2 N–H and O–H groups in total. The third-order valence-electron chi connectivity index (χ3n) is 4.63. The van der Waals surface area contributed by atoms with Gasteiger partial charge in [0.1, 0.15) is 0 Å². The fourth-order valence-corrected chi connectivity index (χ4v) is 3.36. The van der Waals surface area contributed by atoms with Crippen LogP contribution in [0, 0.1) is 24.7 Å². The van der Waals surface area contributed by atoms with Gasteiger partial charge in [-0.05, 0) is 60.7 Å². The highest BCUT2D eigenvalue weighted by atomic mass is 14.8. The summed E-state index contributed by atoms with van der Waals surface area (Å²) >= 11 is 0. The minimum atomic E-state index is 0.610. The molecule has 3 aromatic heterocycles. The number of hydrogen-bond acceptors (Lipinski definition) is 2. The zero-order valence-electron chi connectivity index (χ0n) is 14.8. The monoisotopic (exact) mass is 358 g/mol. The number of nitrogens with one attached hydrogen (secondary N) is 2. The van der Waals surface area contributed by atoms with Crippen molar-refractivity contribution in [2.24, 2.45) is 0 Å². The first-order valence-electron chi connectivity index (χ1n) is 8.76. The summed E-state index contributed by atoms with van der Waals surface area (Å²) in [5.41, 5.74) is 8.03. The molecule has 0 fully saturated rings. The molecule has 2 aliphatic heterocycles. The highest BCUT2D eigenvalue weighted by Gasteiger charge is 2.17. The van der Waals surface area contributed by atoms with Crippen LogP contribution in [0.15, 0.2) is 48.5 Å². The molecule has 28 heavy (non-hydrogen) atoms. The molecule has 130 valence electrons. The summed E-state index contributed by atoms with van der Waals surface area (Å²) in [6.45, 7) is 0. The molecule has 0 amide bonds. The molecule has 4 nitrogen and oxygen atoms in total. The number of H-pyrrole nitrogens is 2. The van der Waals surface area contributed by atoms with Crippen LogP contribution in [0.3, 0.4) is 0 Å². The summed E-state index contributed by atoms with van der Waals surface area (Å²) in [7, 11) is 0. The third-order valence-corrected chi connectivity index (χ3v) is 4.63. The van der Waals surface area contributed by atoms with Crippen molar-refractivity contribution < 1.29 is 0 Å². The number of rotatable bonds is 0. The lowest BCUT2D eigenvalue weighted by Gasteiger charge is -1.92. The van der Waals surface area contributed by atoms with Crippen molar-refractivity contribution in [3.05, 3.63) is 71.3 Å². The molecule has 4 heteroatoms. The lowest BCUT2D eigenvalue weighted by atomic mass is 10.1. The molecule has 3 aromatic rings. The number of allylic oxidation sites excluding steroid dienone is 2. The maximum Gasteiger partial charge on any atom is 0.0828 e. The number of aromatic amines is 2. The van der Waals surface area contributed by atoms with Crippen LogP contribution in [0.25, 0.3) is 45.4 Å². The van der Waals surface area contributed by atoms with E-state index in [2.05, 4.69) is 31.8 Å². The average molecular weight is 358 g/mol. The first-order chi connectivity index (χ1) is 13.7. The van der Waals surface area contributed by atoms with Crippen molar-refractivity contribution in [3.8, 4) is 24.7 Å². The van der Waals surface area contributed by atoms with Gasteiger partial charge in [-0.15, -0.1) is 12.8 Å². The summed E-state index contributed by atoms with van der Waals surface area (Å²) in [5.74, 6) is 5.38. The fourth-order valence-electron chi connectivity index (χ4n) is 3.36. The molecule has 0 spiro atoms. The van der Waals surface area contributed by atoms with E-state index in [1.54, 1.807) is 0 Å². The van der Waals surface area contributed by atoms with Crippen molar-refractivity contribution in [3.63, 3.8) is 0 Å². The van der Waals surface area contributed by atoms with Crippen molar-refractivity contribution in [2.75, 3.05) is 0 Å². The topological polar surface area (TPSA) is 57.4 Å². The van der Waals surface area contributed by atoms with Crippen LogP contribution in [-0.2, 0) is 0 Å². The van der Waals surface area contributed by atoms with Crippen LogP contribution >= 0.6 is 0 Å². The van der Waals surface area contributed by atoms with Gasteiger partial charge in [-0.25, -0.2) is 9.97 Å². The SMILES string of the molecule is C#CC1=C(C#C)c2cc3ccc(cc4ccc(cc5nc(cc1n2)C=C5)[nH]4)[nH]3. The normalized spacial score (nSPS) is 12.6. The highest BCUT2D eigenvalue weighted by molar-refractivity contribution is 6.05. The number of aromatic nitrogens is 4. The molecule has 5 rings (SSSR count). The zero-order valence-corrected chi connectivity index (χ0v) is 14.8. The van der Waals surface area contributed by atoms with E-state index < -0.39 is 0 Å². The lowest BCUT2D eigenvalue weighted by molar-refractivity contribution is 1.27. The molecule has 0 aliphatic carbocycles. The lowest BCUT2D eigenvalue weighted by Crippen LogP contribution is -1.81. The highest BCUT2D eigenvalue weighted by Crippen LogP contribution is 2.29. The Morgan fingerprint density at radius 1 is 0.607 bits per heavy atom. The second kappa shape index (κ2) is 6.16. The molecule has 0 saturated carbocycles. The van der Waals surface area contributed by atoms with Crippen molar-refractivity contribution in [2.45, 2.75) is 0 Å². The predicted molar refractivity (Wildman–Crippen MR) is 114 cm³/mol. The Morgan fingerprint density at radius 2 is 1.11 bits per heavy atom. The van der Waals surface area contributed by atoms with E-state index in [0.29, 0.717) is 22.5 Å². The molecule has 0 unspecified atom stereocenters. The number of nitrogens with zero attached hydrogens (tertiary/aromatic N) is 2. The summed E-state index contributed by atoms with van der Waals surface area (Å²) in [6.07, 6.45) is 15.4. The van der Waals surface area contributed by atoms with Crippen molar-refractivity contribution >= 4 is 45.4 Å². The van der Waals surface area contributed by atoms with Gasteiger partial charge in [0.25, 0.3) is 0 Å². The molecule has 5 heterocycles. The van der Waals surface area contributed by atoms with Crippen LogP contribution < -0.4 is 0 Å². The minimum absolute atomic E-state index is 0.610. The number of hydrogen-bond donors (Lipinski definition) is 2. The predicted octanol–water partition coefficient (Wildman–Crippen LogP) is 4.66. The van der Waals surface area contributed by atoms with E-state index in [9.17, 15) is 0 Å². The average Bonchev–Trinajstić information content (AvgIpc) is 3.45. The van der Waals surface area contributed by atoms with Gasteiger partial charge in [0.15, 0.2) is 0 Å². The number of terminal acetylenes is 2. The van der Waals surface area contributed by atoms with Crippen LogP contribution in [0.1, 0.15) is 22.8 Å². The maximum atomic E-state index is 5.74. The van der Waals surface area contributed by atoms with Crippen LogP contribution in [0.5, 0.6) is 0 Å². The first-order valence-corrected chi connectivity index (χ1v) is 8.76. The smallest absolute Gasteiger partial charge is 0.0828 e. The van der Waals surface area contributed by atoms with Crippen molar-refractivity contribution in [1.29, 1.82) is 0 Å². The van der Waals surface area contributed by atoms with E-state index in [4.69, 9.17) is 12.8 Å². The van der Waals surface area contributed by atoms with Gasteiger partial charge in [-0.3, -0.25) is 0 Å². The molecule has 2 aliphatic rings. The van der Waals surface area contributed by atoms with Gasteiger partial charge >= 0.3 is 0 Å². The van der Waals surface area contributed by atoms with Crippen LogP contribution in [0.4, 0.5) is 0 Å². The maximum absolute atomic E-state index is 5.74. The summed E-state index contributed by atoms with van der Waals surface area (Å²) in [5, 5.41) is 0. The van der Waals surface area contributed by atoms with Gasteiger partial charge in [0, 0.05) is 22.1 Å². The van der Waals surface area contributed by atoms with Crippen LogP contribution in [-0.4, -0.2) is 19.9 Å². The molecule has 0 atom stereocenters. The number of fused-ring (bicyclic) bond motifs is 8. The Hall–Kier alpha value is -4.28.